The zero-order valence-corrected chi connectivity index (χ0v) is 14.7. The van der Waals surface area contributed by atoms with Crippen molar-refractivity contribution in [2.24, 2.45) is 0 Å². The third kappa shape index (κ3) is 2.58. The molecule has 0 bridgehead atoms. The van der Waals surface area contributed by atoms with Crippen LogP contribution in [-0.4, -0.2) is 38.3 Å². The van der Waals surface area contributed by atoms with E-state index in [0.717, 1.165) is 0 Å². The fraction of sp³-hybridized carbons (Fsp3) is 0.278. The summed E-state index contributed by atoms with van der Waals surface area (Å²) in [4.78, 5) is 12.9. The van der Waals surface area contributed by atoms with E-state index in [2.05, 4.69) is 0 Å². The van der Waals surface area contributed by atoms with Gasteiger partial charge in [0.1, 0.15) is 11.3 Å². The molecule has 2 aromatic rings. The lowest BCUT2D eigenvalue weighted by molar-refractivity contribution is -0.00167. The normalized spacial score (nSPS) is 22.0. The van der Waals surface area contributed by atoms with Crippen LogP contribution in [0.2, 0.25) is 0 Å². The van der Waals surface area contributed by atoms with Crippen LogP contribution in [0.4, 0.5) is 0 Å². The molecule has 6 nitrogen and oxygen atoms in total. The number of hydrogen-bond donors (Lipinski definition) is 1. The van der Waals surface area contributed by atoms with Crippen LogP contribution in [0, 0.1) is 0 Å². The minimum atomic E-state index is -1.75. The van der Waals surface area contributed by atoms with E-state index in [1.165, 1.54) is 27.4 Å². The molecule has 2 aromatic carbocycles. The second-order valence-corrected chi connectivity index (χ2v) is 5.96. The Morgan fingerprint density at radius 1 is 1.08 bits per heavy atom. The molecule has 3 rings (SSSR count). The van der Waals surface area contributed by atoms with Gasteiger partial charge < -0.3 is 24.1 Å². The Balaban J connectivity index is 2.23. The molecule has 1 heterocycles. The summed E-state index contributed by atoms with van der Waals surface area (Å²) in [6.07, 6.45) is -1.63. The van der Waals surface area contributed by atoms with Gasteiger partial charge in [0.25, 0.3) is 0 Å². The van der Waals surface area contributed by atoms with Gasteiger partial charge in [-0.1, -0.05) is 41.9 Å². The molecule has 1 N–H and O–H groups in total. The minimum absolute atomic E-state index is 0.0554. The van der Waals surface area contributed by atoms with Gasteiger partial charge in [0, 0.05) is 11.6 Å². The first-order chi connectivity index (χ1) is 12.0. The summed E-state index contributed by atoms with van der Waals surface area (Å²) < 4.78 is 21.7. The molecule has 25 heavy (non-hydrogen) atoms. The van der Waals surface area contributed by atoms with Gasteiger partial charge in [-0.25, -0.2) is 0 Å². The number of Topliss-reactive ketones (excluding diaryl/α,β-unsaturated/α-hetero) is 1. The third-order valence-corrected chi connectivity index (χ3v) is 4.57. The zero-order chi connectivity index (χ0) is 18.2. The highest BCUT2D eigenvalue weighted by molar-refractivity contribution is 6.27. The lowest BCUT2D eigenvalue weighted by Gasteiger charge is -2.37. The quantitative estimate of drug-likeness (QED) is 0.841. The predicted molar refractivity (Wildman–Crippen MR) is 91.0 cm³/mol. The average molecular weight is 365 g/mol. The second kappa shape index (κ2) is 6.46. The van der Waals surface area contributed by atoms with E-state index in [-0.39, 0.29) is 22.8 Å². The highest BCUT2D eigenvalue weighted by Crippen LogP contribution is 2.51. The standard InChI is InChI=1S/C18H17ClO6/c1-22-12-9-11-13(16(24-3)15(12)23-2)14(20)17(21)18(19,25-11)10-7-5-4-6-8-10/h4-9,17,21H,1-3H3. The van der Waals surface area contributed by atoms with Crippen LogP contribution in [0.5, 0.6) is 23.0 Å². The topological polar surface area (TPSA) is 74.2 Å². The minimum Gasteiger partial charge on any atom is -0.493 e. The van der Waals surface area contributed by atoms with Gasteiger partial charge >= 0.3 is 0 Å². The van der Waals surface area contributed by atoms with Gasteiger partial charge in [0.15, 0.2) is 17.6 Å². The van der Waals surface area contributed by atoms with Gasteiger partial charge in [0.2, 0.25) is 16.6 Å². The Hall–Kier alpha value is -2.44. The van der Waals surface area contributed by atoms with Crippen LogP contribution in [0.1, 0.15) is 15.9 Å². The van der Waals surface area contributed by atoms with Crippen LogP contribution >= 0.6 is 11.6 Å². The number of carbonyl (C=O) groups excluding carboxylic acids is 1. The number of benzene rings is 2. The molecule has 2 atom stereocenters. The molecule has 0 radical (unpaired) electrons. The molecule has 132 valence electrons. The van der Waals surface area contributed by atoms with Gasteiger partial charge in [0.05, 0.1) is 21.3 Å². The fourth-order valence-electron chi connectivity index (χ4n) is 2.85. The van der Waals surface area contributed by atoms with E-state index >= 15 is 0 Å². The van der Waals surface area contributed by atoms with E-state index in [9.17, 15) is 9.90 Å². The molecule has 0 saturated heterocycles. The van der Waals surface area contributed by atoms with Crippen molar-refractivity contribution >= 4 is 17.4 Å². The molecule has 0 amide bonds. The molecule has 1 aliphatic rings. The first-order valence-corrected chi connectivity index (χ1v) is 7.84. The number of alkyl halides is 1. The van der Waals surface area contributed by atoms with Crippen molar-refractivity contribution in [3.05, 3.63) is 47.5 Å². The smallest absolute Gasteiger partial charge is 0.241 e. The van der Waals surface area contributed by atoms with Crippen LogP contribution in [0.3, 0.4) is 0 Å². The second-order valence-electron chi connectivity index (χ2n) is 5.40. The SMILES string of the molecule is COc1cc2c(c(OC)c1OC)C(=O)C(O)C(Cl)(c1ccccc1)O2. The maximum Gasteiger partial charge on any atom is 0.241 e. The van der Waals surface area contributed by atoms with Gasteiger partial charge in [-0.15, -0.1) is 0 Å². The van der Waals surface area contributed by atoms with Crippen LogP contribution in [0.15, 0.2) is 36.4 Å². The number of aliphatic hydroxyl groups is 1. The summed E-state index contributed by atoms with van der Waals surface area (Å²) in [6.45, 7) is 0. The summed E-state index contributed by atoms with van der Waals surface area (Å²) in [5, 5.41) is 8.82. The lowest BCUT2D eigenvalue weighted by Crippen LogP contribution is -2.48. The van der Waals surface area contributed by atoms with Crippen LogP contribution < -0.4 is 18.9 Å². The molecule has 7 heteroatoms. The van der Waals surface area contributed by atoms with Crippen molar-refractivity contribution in [1.29, 1.82) is 0 Å². The Bertz CT molecular complexity index is 807. The van der Waals surface area contributed by atoms with Gasteiger partial charge in [-0.05, 0) is 0 Å². The zero-order valence-electron chi connectivity index (χ0n) is 13.9. The number of halogens is 1. The Kier molecular flexibility index (Phi) is 4.49. The van der Waals surface area contributed by atoms with Crippen molar-refractivity contribution in [1.82, 2.24) is 0 Å². The Morgan fingerprint density at radius 3 is 2.28 bits per heavy atom. The van der Waals surface area contributed by atoms with Gasteiger partial charge in [-0.3, -0.25) is 4.79 Å². The predicted octanol–water partition coefficient (Wildman–Crippen LogP) is 2.74. The molecule has 0 spiro atoms. The van der Waals surface area contributed by atoms with Crippen molar-refractivity contribution in [3.63, 3.8) is 0 Å². The molecule has 0 fully saturated rings. The van der Waals surface area contributed by atoms with E-state index in [1.54, 1.807) is 30.3 Å². The maximum absolute atomic E-state index is 12.9. The van der Waals surface area contributed by atoms with Crippen molar-refractivity contribution < 1.29 is 28.8 Å². The summed E-state index contributed by atoms with van der Waals surface area (Å²) >= 11 is 6.53. The number of methoxy groups -OCH3 is 3. The summed E-state index contributed by atoms with van der Waals surface area (Å²) in [6, 6.07) is 10.1. The van der Waals surface area contributed by atoms with Crippen molar-refractivity contribution in [3.8, 4) is 23.0 Å². The first kappa shape index (κ1) is 17.4. The first-order valence-electron chi connectivity index (χ1n) is 7.46. The number of aliphatic hydroxyl groups excluding tert-OH is 1. The summed E-state index contributed by atoms with van der Waals surface area (Å²) in [5.74, 6) is 0.179. The average Bonchev–Trinajstić information content (AvgIpc) is 2.65. The number of fused-ring (bicyclic) bond motifs is 1. The number of ether oxygens (including phenoxy) is 4. The van der Waals surface area contributed by atoms with Gasteiger partial charge in [-0.2, -0.15) is 0 Å². The fourth-order valence-corrected chi connectivity index (χ4v) is 3.16. The van der Waals surface area contributed by atoms with Crippen LogP contribution in [0.25, 0.3) is 0 Å². The van der Waals surface area contributed by atoms with Crippen LogP contribution in [-0.2, 0) is 5.06 Å². The monoisotopic (exact) mass is 364 g/mol. The van der Waals surface area contributed by atoms with E-state index in [0.29, 0.717) is 11.3 Å². The molecule has 0 aromatic heterocycles. The molecular formula is C18H17ClO6. The maximum atomic E-state index is 12.9. The highest BCUT2D eigenvalue weighted by atomic mass is 35.5. The van der Waals surface area contributed by atoms with E-state index in [4.69, 9.17) is 30.5 Å². The number of carbonyl (C=O) groups is 1. The van der Waals surface area contributed by atoms with Crippen molar-refractivity contribution in [2.45, 2.75) is 11.2 Å². The summed E-state index contributed by atoms with van der Waals surface area (Å²) in [5.41, 5.74) is 0.511. The number of rotatable bonds is 4. The molecule has 2 unspecified atom stereocenters. The lowest BCUT2D eigenvalue weighted by atomic mass is 9.92. The van der Waals surface area contributed by atoms with Crippen molar-refractivity contribution in [2.75, 3.05) is 21.3 Å². The van der Waals surface area contributed by atoms with E-state index < -0.39 is 16.9 Å². The molecular weight excluding hydrogens is 348 g/mol. The number of hydrogen-bond acceptors (Lipinski definition) is 6. The molecule has 0 saturated carbocycles. The Morgan fingerprint density at radius 2 is 1.72 bits per heavy atom. The van der Waals surface area contributed by atoms with E-state index in [1.807, 2.05) is 0 Å². The summed E-state index contributed by atoms with van der Waals surface area (Å²) in [7, 11) is 4.26. The number of ketones is 1. The highest BCUT2D eigenvalue weighted by Gasteiger charge is 2.51. The largest absolute Gasteiger partial charge is 0.493 e. The Labute approximate surface area is 149 Å². The third-order valence-electron chi connectivity index (χ3n) is 4.07. The molecule has 1 aliphatic heterocycles. The molecule has 0 aliphatic carbocycles.